The van der Waals surface area contributed by atoms with Gasteiger partial charge in [-0.25, -0.2) is 0 Å². The number of fused-ring (bicyclic) bond motifs is 2. The number of hydrogen-bond acceptors (Lipinski definition) is 3. The summed E-state index contributed by atoms with van der Waals surface area (Å²) in [5, 5.41) is 3.73. The highest BCUT2D eigenvalue weighted by atomic mass is 16.5. The van der Waals surface area contributed by atoms with Crippen LogP contribution in [0.3, 0.4) is 0 Å². The maximum Gasteiger partial charge on any atom is 0.124 e. The number of rotatable bonds is 2. The van der Waals surface area contributed by atoms with Crippen LogP contribution in [0.1, 0.15) is 41.8 Å². The summed E-state index contributed by atoms with van der Waals surface area (Å²) < 4.78 is 11.3. The smallest absolute Gasteiger partial charge is 0.124 e. The number of para-hydroxylation sites is 1. The molecule has 1 aromatic heterocycles. The maximum atomic E-state index is 5.74. The molecule has 3 nitrogen and oxygen atoms in total. The van der Waals surface area contributed by atoms with Crippen molar-refractivity contribution in [1.82, 2.24) is 5.32 Å². The van der Waals surface area contributed by atoms with E-state index in [1.807, 2.05) is 18.4 Å². The molecular weight excluding hydrogens is 238 g/mol. The molecule has 2 aromatic rings. The Kier molecular flexibility index (Phi) is 2.59. The van der Waals surface area contributed by atoms with Gasteiger partial charge in [-0.3, -0.25) is 5.32 Å². The number of hydrogen-bond donors (Lipinski definition) is 1. The van der Waals surface area contributed by atoms with Crippen LogP contribution in [0.2, 0.25) is 0 Å². The Hall–Kier alpha value is -1.74. The van der Waals surface area contributed by atoms with Crippen molar-refractivity contribution in [2.75, 3.05) is 6.61 Å². The highest BCUT2D eigenvalue weighted by Gasteiger charge is 2.29. The van der Waals surface area contributed by atoms with E-state index in [4.69, 9.17) is 9.15 Å². The van der Waals surface area contributed by atoms with Gasteiger partial charge in [-0.2, -0.15) is 0 Å². The highest BCUT2D eigenvalue weighted by molar-refractivity contribution is 5.39. The van der Waals surface area contributed by atoms with Crippen LogP contribution < -0.4 is 10.1 Å². The van der Waals surface area contributed by atoms with Gasteiger partial charge in [-0.1, -0.05) is 18.2 Å². The first-order valence-electron chi connectivity index (χ1n) is 6.96. The lowest BCUT2D eigenvalue weighted by Gasteiger charge is -2.25. The van der Waals surface area contributed by atoms with Gasteiger partial charge in [0.1, 0.15) is 18.1 Å². The molecule has 0 amide bonds. The van der Waals surface area contributed by atoms with Gasteiger partial charge in [-0.15, -0.1) is 0 Å². The predicted octanol–water partition coefficient (Wildman–Crippen LogP) is 3.38. The van der Waals surface area contributed by atoms with Crippen molar-refractivity contribution < 1.29 is 9.15 Å². The van der Waals surface area contributed by atoms with Crippen LogP contribution in [-0.2, 0) is 6.42 Å². The topological polar surface area (TPSA) is 34.4 Å². The van der Waals surface area contributed by atoms with Gasteiger partial charge < -0.3 is 9.15 Å². The minimum atomic E-state index is 0.294. The second kappa shape index (κ2) is 4.42. The fourth-order valence-electron chi connectivity index (χ4n) is 3.20. The number of ether oxygens (including phenoxy) is 1. The molecule has 1 aliphatic carbocycles. The maximum absolute atomic E-state index is 5.74. The molecule has 3 heteroatoms. The molecule has 2 unspecified atom stereocenters. The first-order chi connectivity index (χ1) is 9.42. The van der Waals surface area contributed by atoms with Crippen LogP contribution in [0.25, 0.3) is 0 Å². The van der Waals surface area contributed by atoms with E-state index in [1.165, 1.54) is 24.0 Å². The fourth-order valence-corrected chi connectivity index (χ4v) is 3.20. The first-order valence-corrected chi connectivity index (χ1v) is 6.96. The van der Waals surface area contributed by atoms with E-state index in [9.17, 15) is 0 Å². The number of furan rings is 1. The molecule has 1 aromatic carbocycles. The second-order valence-corrected chi connectivity index (χ2v) is 5.31. The summed E-state index contributed by atoms with van der Waals surface area (Å²) >= 11 is 0. The van der Waals surface area contributed by atoms with Crippen LogP contribution in [0.5, 0.6) is 5.75 Å². The van der Waals surface area contributed by atoms with E-state index < -0.39 is 0 Å². The van der Waals surface area contributed by atoms with Crippen LogP contribution in [0.15, 0.2) is 41.0 Å². The first kappa shape index (κ1) is 11.1. The van der Waals surface area contributed by atoms with Crippen molar-refractivity contribution in [2.45, 2.75) is 31.3 Å². The van der Waals surface area contributed by atoms with Crippen molar-refractivity contribution in [3.63, 3.8) is 0 Å². The van der Waals surface area contributed by atoms with Crippen molar-refractivity contribution >= 4 is 0 Å². The Morgan fingerprint density at radius 1 is 1.05 bits per heavy atom. The zero-order valence-electron chi connectivity index (χ0n) is 10.8. The molecule has 2 aliphatic rings. The molecule has 0 bridgehead atoms. The van der Waals surface area contributed by atoms with Crippen LogP contribution in [0.4, 0.5) is 0 Å². The molecular formula is C16H17NO2. The minimum absolute atomic E-state index is 0.294. The van der Waals surface area contributed by atoms with Gasteiger partial charge in [0.15, 0.2) is 0 Å². The lowest BCUT2D eigenvalue weighted by atomic mass is 9.92. The molecule has 0 saturated heterocycles. The average molecular weight is 255 g/mol. The monoisotopic (exact) mass is 255 g/mol. The fraction of sp³-hybridized carbons (Fsp3) is 0.375. The summed E-state index contributed by atoms with van der Waals surface area (Å²) in [6, 6.07) is 11.1. The molecule has 4 rings (SSSR count). The van der Waals surface area contributed by atoms with Crippen molar-refractivity contribution in [3.8, 4) is 5.75 Å². The normalized spacial score (nSPS) is 24.6. The average Bonchev–Trinajstić information content (AvgIpc) is 3.06. The Balaban J connectivity index is 1.58. The molecule has 1 N–H and O–H groups in total. The third-order valence-electron chi connectivity index (χ3n) is 4.15. The van der Waals surface area contributed by atoms with E-state index >= 15 is 0 Å². The Labute approximate surface area is 112 Å². The minimum Gasteiger partial charge on any atom is -0.491 e. The number of aryl methyl sites for hydroxylation is 1. The summed E-state index contributed by atoms with van der Waals surface area (Å²) in [5.41, 5.74) is 2.61. The lowest BCUT2D eigenvalue weighted by Crippen LogP contribution is -2.29. The summed E-state index contributed by atoms with van der Waals surface area (Å²) in [6.45, 7) is 0.725. The molecule has 0 spiro atoms. The van der Waals surface area contributed by atoms with E-state index in [0.29, 0.717) is 12.1 Å². The molecule has 19 heavy (non-hydrogen) atoms. The summed E-state index contributed by atoms with van der Waals surface area (Å²) in [4.78, 5) is 0. The van der Waals surface area contributed by atoms with Gasteiger partial charge in [0.25, 0.3) is 0 Å². The molecule has 0 saturated carbocycles. The van der Waals surface area contributed by atoms with Gasteiger partial charge in [0.05, 0.1) is 12.3 Å². The van der Waals surface area contributed by atoms with Gasteiger partial charge in [-0.05, 0) is 25.0 Å². The summed E-state index contributed by atoms with van der Waals surface area (Å²) in [6.07, 6.45) is 5.24. The SMILES string of the molecule is c1ccc2c(c1)OCC2NC1CCCc2occc21. The van der Waals surface area contributed by atoms with Crippen molar-refractivity contribution in [1.29, 1.82) is 0 Å². The van der Waals surface area contributed by atoms with Crippen molar-refractivity contribution in [2.24, 2.45) is 0 Å². The Bertz CT molecular complexity index is 590. The Morgan fingerprint density at radius 3 is 3.00 bits per heavy atom. The molecule has 0 radical (unpaired) electrons. The van der Waals surface area contributed by atoms with Crippen LogP contribution in [-0.4, -0.2) is 6.61 Å². The molecule has 2 heterocycles. The molecule has 0 fully saturated rings. The highest BCUT2D eigenvalue weighted by Crippen LogP contribution is 2.36. The Morgan fingerprint density at radius 2 is 2.00 bits per heavy atom. The lowest BCUT2D eigenvalue weighted by molar-refractivity contribution is 0.287. The van der Waals surface area contributed by atoms with Gasteiger partial charge in [0.2, 0.25) is 0 Å². The number of benzene rings is 1. The van der Waals surface area contributed by atoms with E-state index in [-0.39, 0.29) is 0 Å². The zero-order valence-corrected chi connectivity index (χ0v) is 10.8. The largest absolute Gasteiger partial charge is 0.491 e. The molecule has 98 valence electrons. The summed E-state index contributed by atoms with van der Waals surface area (Å²) in [7, 11) is 0. The zero-order chi connectivity index (χ0) is 12.7. The van der Waals surface area contributed by atoms with Crippen LogP contribution in [0, 0.1) is 0 Å². The van der Waals surface area contributed by atoms with Crippen LogP contribution >= 0.6 is 0 Å². The quantitative estimate of drug-likeness (QED) is 0.893. The van der Waals surface area contributed by atoms with Crippen molar-refractivity contribution in [3.05, 3.63) is 53.5 Å². The second-order valence-electron chi connectivity index (χ2n) is 5.31. The third kappa shape index (κ3) is 1.85. The molecule has 2 atom stereocenters. The van der Waals surface area contributed by atoms with E-state index in [2.05, 4.69) is 23.5 Å². The van der Waals surface area contributed by atoms with E-state index in [0.717, 1.165) is 24.5 Å². The predicted molar refractivity (Wildman–Crippen MR) is 72.2 cm³/mol. The number of nitrogens with one attached hydrogen (secondary N) is 1. The van der Waals surface area contributed by atoms with Gasteiger partial charge in [0, 0.05) is 23.6 Å². The standard InChI is InChI=1S/C16H17NO2/c1-2-6-16-11(4-1)14(10-19-16)17-13-5-3-7-15-12(13)8-9-18-15/h1-2,4,6,8-9,13-14,17H,3,5,7,10H2. The van der Waals surface area contributed by atoms with Gasteiger partial charge >= 0.3 is 0 Å². The summed E-state index contributed by atoms with van der Waals surface area (Å²) in [5.74, 6) is 2.17. The molecule has 1 aliphatic heterocycles. The van der Waals surface area contributed by atoms with E-state index in [1.54, 1.807) is 0 Å². The third-order valence-corrected chi connectivity index (χ3v) is 4.15.